The minimum absolute atomic E-state index is 0.186. The largest absolute Gasteiger partial charge is 0.341 e. The number of carbonyl (C=O) groups excluding carboxylic acids is 1. The lowest BCUT2D eigenvalue weighted by atomic mass is 9.98. The molecule has 1 fully saturated rings. The molecule has 0 N–H and O–H groups in total. The second-order valence-electron chi connectivity index (χ2n) is 7.97. The number of likely N-dealkylation sites (N-methyl/N-ethyl adjacent to an activating group) is 1. The molecule has 146 valence electrons. The van der Waals surface area contributed by atoms with Crippen molar-refractivity contribution >= 4 is 16.8 Å². The molecule has 0 radical (unpaired) electrons. The van der Waals surface area contributed by atoms with Gasteiger partial charge < -0.3 is 14.4 Å². The summed E-state index contributed by atoms with van der Waals surface area (Å²) < 4.78 is 16.2. The van der Waals surface area contributed by atoms with Gasteiger partial charge in [-0.1, -0.05) is 18.2 Å². The van der Waals surface area contributed by atoms with Crippen molar-refractivity contribution in [3.8, 4) is 5.69 Å². The van der Waals surface area contributed by atoms with Crippen LogP contribution in [0.25, 0.3) is 16.6 Å². The summed E-state index contributed by atoms with van der Waals surface area (Å²) in [6, 6.07) is 13.6. The maximum Gasteiger partial charge on any atom is 0.236 e. The van der Waals surface area contributed by atoms with E-state index in [0.29, 0.717) is 17.8 Å². The Morgan fingerprint density at radius 2 is 2.04 bits per heavy atom. The third kappa shape index (κ3) is 3.42. The van der Waals surface area contributed by atoms with Gasteiger partial charge in [0.05, 0.1) is 12.1 Å². The van der Waals surface area contributed by atoms with Crippen LogP contribution < -0.4 is 0 Å². The topological polar surface area (TPSA) is 28.5 Å². The normalized spacial score (nSPS) is 17.0. The van der Waals surface area contributed by atoms with Crippen molar-refractivity contribution in [3.05, 3.63) is 65.6 Å². The van der Waals surface area contributed by atoms with Gasteiger partial charge in [-0.25, -0.2) is 4.39 Å². The Hall–Kier alpha value is -2.66. The molecule has 0 saturated carbocycles. The van der Waals surface area contributed by atoms with Crippen LogP contribution in [0.15, 0.2) is 48.7 Å². The average molecular weight is 379 g/mol. The number of carbonyl (C=O) groups is 1. The smallest absolute Gasteiger partial charge is 0.236 e. The molecule has 3 aromatic rings. The Labute approximate surface area is 165 Å². The molecule has 1 amide bonds. The lowest BCUT2D eigenvalue weighted by molar-refractivity contribution is -0.130. The molecule has 1 aromatic heterocycles. The van der Waals surface area contributed by atoms with Crippen LogP contribution in [0.1, 0.15) is 23.5 Å². The minimum Gasteiger partial charge on any atom is -0.341 e. The molecular weight excluding hydrogens is 353 g/mol. The molecule has 0 aliphatic carbocycles. The Morgan fingerprint density at radius 3 is 2.82 bits per heavy atom. The van der Waals surface area contributed by atoms with Gasteiger partial charge in [0, 0.05) is 36.3 Å². The summed E-state index contributed by atoms with van der Waals surface area (Å²) in [6.45, 7) is 4.02. The van der Waals surface area contributed by atoms with Crippen LogP contribution in [0.4, 0.5) is 4.39 Å². The SMILES string of the molecule is Cc1ccc(F)c2ccn(-c3cccc(C4CCN(C(=O)CN(C)C)C4)c3)c12. The van der Waals surface area contributed by atoms with Crippen molar-refractivity contribution in [2.45, 2.75) is 19.3 Å². The van der Waals surface area contributed by atoms with Gasteiger partial charge in [0.2, 0.25) is 5.91 Å². The number of rotatable bonds is 4. The van der Waals surface area contributed by atoms with E-state index in [0.717, 1.165) is 36.3 Å². The zero-order valence-electron chi connectivity index (χ0n) is 16.7. The van der Waals surface area contributed by atoms with E-state index in [1.165, 1.54) is 11.6 Å². The molecule has 1 atom stereocenters. The van der Waals surface area contributed by atoms with Crippen molar-refractivity contribution in [3.63, 3.8) is 0 Å². The maximum atomic E-state index is 14.2. The van der Waals surface area contributed by atoms with Crippen LogP contribution >= 0.6 is 0 Å². The molecule has 1 unspecified atom stereocenters. The summed E-state index contributed by atoms with van der Waals surface area (Å²) in [5.74, 6) is 0.332. The van der Waals surface area contributed by atoms with E-state index in [-0.39, 0.29) is 11.7 Å². The van der Waals surface area contributed by atoms with Gasteiger partial charge in [-0.3, -0.25) is 4.79 Å². The fraction of sp³-hybridized carbons (Fsp3) is 0.348. The molecule has 1 saturated heterocycles. The van der Waals surface area contributed by atoms with Crippen LogP contribution in [-0.4, -0.2) is 54.0 Å². The number of fused-ring (bicyclic) bond motifs is 1. The Bertz CT molecular complexity index is 1020. The van der Waals surface area contributed by atoms with Crippen LogP contribution in [0, 0.1) is 12.7 Å². The highest BCUT2D eigenvalue weighted by atomic mass is 19.1. The Morgan fingerprint density at radius 1 is 1.21 bits per heavy atom. The minimum atomic E-state index is -0.193. The molecule has 0 bridgehead atoms. The van der Waals surface area contributed by atoms with Crippen molar-refractivity contribution in [2.24, 2.45) is 0 Å². The number of amides is 1. The molecule has 28 heavy (non-hydrogen) atoms. The first-order valence-electron chi connectivity index (χ1n) is 9.73. The van der Waals surface area contributed by atoms with E-state index < -0.39 is 0 Å². The van der Waals surface area contributed by atoms with Crippen LogP contribution in [-0.2, 0) is 4.79 Å². The monoisotopic (exact) mass is 379 g/mol. The average Bonchev–Trinajstić information content (AvgIpc) is 3.32. The number of likely N-dealkylation sites (tertiary alicyclic amines) is 1. The number of aryl methyl sites for hydroxylation is 1. The Kier molecular flexibility index (Phi) is 4.94. The van der Waals surface area contributed by atoms with Gasteiger partial charge in [0.15, 0.2) is 0 Å². The van der Waals surface area contributed by atoms with E-state index in [1.54, 1.807) is 0 Å². The summed E-state index contributed by atoms with van der Waals surface area (Å²) in [5.41, 5.74) is 4.22. The number of aromatic nitrogens is 1. The highest BCUT2D eigenvalue weighted by molar-refractivity contribution is 5.85. The molecule has 1 aliphatic heterocycles. The fourth-order valence-electron chi connectivity index (χ4n) is 4.17. The Balaban J connectivity index is 1.62. The van der Waals surface area contributed by atoms with E-state index in [2.05, 4.69) is 28.8 Å². The van der Waals surface area contributed by atoms with Gasteiger partial charge in [-0.05, 0) is 62.8 Å². The predicted molar refractivity (Wildman–Crippen MR) is 110 cm³/mol. The highest BCUT2D eigenvalue weighted by Gasteiger charge is 2.27. The van der Waals surface area contributed by atoms with Crippen LogP contribution in [0.2, 0.25) is 0 Å². The van der Waals surface area contributed by atoms with Gasteiger partial charge in [-0.15, -0.1) is 0 Å². The standard InChI is InChI=1S/C23H26FN3O/c1-16-7-8-21(24)20-10-12-27(23(16)20)19-6-4-5-17(13-19)18-9-11-26(14-18)22(28)15-25(2)3/h4-8,10,12-13,18H,9,11,14-15H2,1-3H3. The zero-order chi connectivity index (χ0) is 19.8. The molecule has 2 aromatic carbocycles. The first-order chi connectivity index (χ1) is 13.4. The van der Waals surface area contributed by atoms with Crippen molar-refractivity contribution < 1.29 is 9.18 Å². The van der Waals surface area contributed by atoms with Crippen molar-refractivity contribution in [1.82, 2.24) is 14.4 Å². The third-order valence-electron chi connectivity index (χ3n) is 5.61. The van der Waals surface area contributed by atoms with E-state index >= 15 is 0 Å². The van der Waals surface area contributed by atoms with Crippen molar-refractivity contribution in [2.75, 3.05) is 33.7 Å². The molecule has 4 rings (SSSR count). The number of hydrogen-bond donors (Lipinski definition) is 0. The summed E-state index contributed by atoms with van der Waals surface area (Å²) in [5, 5.41) is 0.645. The lowest BCUT2D eigenvalue weighted by Gasteiger charge is -2.19. The highest BCUT2D eigenvalue weighted by Crippen LogP contribution is 2.31. The number of nitrogens with zero attached hydrogens (tertiary/aromatic N) is 3. The number of halogens is 1. The lowest BCUT2D eigenvalue weighted by Crippen LogP contribution is -2.36. The second kappa shape index (κ2) is 7.40. The van der Waals surface area contributed by atoms with Gasteiger partial charge in [0.25, 0.3) is 0 Å². The molecule has 0 spiro atoms. The maximum absolute atomic E-state index is 14.2. The molecule has 1 aliphatic rings. The van der Waals surface area contributed by atoms with Crippen LogP contribution in [0.5, 0.6) is 0 Å². The van der Waals surface area contributed by atoms with E-state index in [9.17, 15) is 9.18 Å². The first-order valence-corrected chi connectivity index (χ1v) is 9.73. The fourth-order valence-corrected chi connectivity index (χ4v) is 4.17. The molecule has 5 heteroatoms. The number of hydrogen-bond acceptors (Lipinski definition) is 2. The van der Waals surface area contributed by atoms with Crippen molar-refractivity contribution in [1.29, 1.82) is 0 Å². The zero-order valence-corrected chi connectivity index (χ0v) is 16.7. The van der Waals surface area contributed by atoms with E-state index in [4.69, 9.17) is 0 Å². The van der Waals surface area contributed by atoms with Gasteiger partial charge >= 0.3 is 0 Å². The van der Waals surface area contributed by atoms with Gasteiger partial charge in [-0.2, -0.15) is 0 Å². The molecule has 4 nitrogen and oxygen atoms in total. The van der Waals surface area contributed by atoms with Crippen LogP contribution in [0.3, 0.4) is 0 Å². The quantitative estimate of drug-likeness (QED) is 0.687. The number of benzene rings is 2. The summed E-state index contributed by atoms with van der Waals surface area (Å²) >= 11 is 0. The van der Waals surface area contributed by atoms with Gasteiger partial charge in [0.1, 0.15) is 5.82 Å². The predicted octanol–water partition coefficient (Wildman–Crippen LogP) is 3.96. The summed E-state index contributed by atoms with van der Waals surface area (Å²) in [7, 11) is 3.84. The molecule has 2 heterocycles. The third-order valence-corrected chi connectivity index (χ3v) is 5.61. The molecular formula is C23H26FN3O. The summed E-state index contributed by atoms with van der Waals surface area (Å²) in [6.07, 6.45) is 2.91. The van der Waals surface area contributed by atoms with E-state index in [1.807, 2.05) is 49.1 Å². The second-order valence-corrected chi connectivity index (χ2v) is 7.97. The summed E-state index contributed by atoms with van der Waals surface area (Å²) in [4.78, 5) is 16.2. The first kappa shape index (κ1) is 18.7.